The molecule has 5 heteroatoms. The van der Waals surface area contributed by atoms with Crippen molar-refractivity contribution in [3.8, 4) is 0 Å². The molecule has 0 aliphatic carbocycles. The van der Waals surface area contributed by atoms with Gasteiger partial charge < -0.3 is 0 Å². The van der Waals surface area contributed by atoms with Crippen LogP contribution in [-0.4, -0.2) is 19.3 Å². The molecule has 134 valence electrons. The van der Waals surface area contributed by atoms with Crippen LogP contribution in [0.5, 0.6) is 0 Å². The molecule has 2 heterocycles. The molecular formula is C21H21NO2S2. The second-order valence-corrected chi connectivity index (χ2v) is 9.68. The van der Waals surface area contributed by atoms with E-state index in [1.165, 1.54) is 10.4 Å². The van der Waals surface area contributed by atoms with Crippen LogP contribution in [0, 0.1) is 13.8 Å². The Kier molecular flexibility index (Phi) is 4.47. The zero-order valence-corrected chi connectivity index (χ0v) is 16.5. The maximum atomic E-state index is 13.4. The molecule has 2 aromatic carbocycles. The summed E-state index contributed by atoms with van der Waals surface area (Å²) in [6.45, 7) is 4.51. The standard InChI is InChI=1S/C21H21NO2S2/c1-15-3-7-17(8-4-15)21-19-12-14-25-20(19)11-13-22(21)26(23,24)18-9-5-16(2)6-10-18/h3-10,12,14,21H,11,13H2,1-2H3. The Morgan fingerprint density at radius 1 is 0.923 bits per heavy atom. The van der Waals surface area contributed by atoms with Crippen molar-refractivity contribution < 1.29 is 8.42 Å². The summed E-state index contributed by atoms with van der Waals surface area (Å²) >= 11 is 1.72. The monoisotopic (exact) mass is 383 g/mol. The molecule has 26 heavy (non-hydrogen) atoms. The average molecular weight is 384 g/mol. The average Bonchev–Trinajstić information content (AvgIpc) is 3.11. The Bertz CT molecular complexity index is 1020. The maximum absolute atomic E-state index is 13.4. The van der Waals surface area contributed by atoms with E-state index in [1.807, 2.05) is 50.2 Å². The highest BCUT2D eigenvalue weighted by molar-refractivity contribution is 7.89. The number of thiophene rings is 1. The largest absolute Gasteiger partial charge is 0.243 e. The van der Waals surface area contributed by atoms with Gasteiger partial charge in [-0.05, 0) is 55.0 Å². The molecule has 1 aromatic heterocycles. The fraction of sp³-hybridized carbons (Fsp3) is 0.238. The zero-order valence-electron chi connectivity index (χ0n) is 14.8. The van der Waals surface area contributed by atoms with Crippen molar-refractivity contribution in [3.63, 3.8) is 0 Å². The number of fused-ring (bicyclic) bond motifs is 1. The fourth-order valence-electron chi connectivity index (χ4n) is 3.49. The van der Waals surface area contributed by atoms with Crippen LogP contribution in [0.4, 0.5) is 0 Å². The van der Waals surface area contributed by atoms with Gasteiger partial charge in [-0.2, -0.15) is 4.31 Å². The molecule has 1 atom stereocenters. The highest BCUT2D eigenvalue weighted by Crippen LogP contribution is 2.40. The van der Waals surface area contributed by atoms with Gasteiger partial charge in [-0.25, -0.2) is 8.42 Å². The predicted molar refractivity (Wildman–Crippen MR) is 106 cm³/mol. The summed E-state index contributed by atoms with van der Waals surface area (Å²) in [5.41, 5.74) is 4.35. The van der Waals surface area contributed by atoms with Crippen LogP contribution in [0.2, 0.25) is 0 Å². The molecule has 1 aliphatic rings. The Hall–Kier alpha value is -1.95. The lowest BCUT2D eigenvalue weighted by Gasteiger charge is -2.35. The lowest BCUT2D eigenvalue weighted by atomic mass is 9.95. The fourth-order valence-corrected chi connectivity index (χ4v) is 5.99. The molecule has 3 nitrogen and oxygen atoms in total. The minimum absolute atomic E-state index is 0.267. The summed E-state index contributed by atoms with van der Waals surface area (Å²) in [6, 6.07) is 17.1. The molecule has 1 unspecified atom stereocenters. The number of nitrogens with zero attached hydrogens (tertiary/aromatic N) is 1. The van der Waals surface area contributed by atoms with Crippen LogP contribution in [-0.2, 0) is 16.4 Å². The van der Waals surface area contributed by atoms with Crippen molar-refractivity contribution >= 4 is 21.4 Å². The third kappa shape index (κ3) is 3.00. The number of sulfonamides is 1. The SMILES string of the molecule is Cc1ccc(C2c3ccsc3CCN2S(=O)(=O)c2ccc(C)cc2)cc1. The summed E-state index contributed by atoms with van der Waals surface area (Å²) in [4.78, 5) is 1.64. The van der Waals surface area contributed by atoms with E-state index in [0.29, 0.717) is 11.4 Å². The topological polar surface area (TPSA) is 37.4 Å². The Labute approximate surface area is 159 Å². The van der Waals surface area contributed by atoms with Crippen LogP contribution in [0.15, 0.2) is 64.9 Å². The van der Waals surface area contributed by atoms with E-state index in [-0.39, 0.29) is 6.04 Å². The quantitative estimate of drug-likeness (QED) is 0.657. The highest BCUT2D eigenvalue weighted by atomic mass is 32.2. The molecule has 0 N–H and O–H groups in total. The van der Waals surface area contributed by atoms with Gasteiger partial charge in [0.15, 0.2) is 0 Å². The number of hydrogen-bond acceptors (Lipinski definition) is 3. The number of rotatable bonds is 3. The molecule has 0 saturated heterocycles. The van der Waals surface area contributed by atoms with Gasteiger partial charge >= 0.3 is 0 Å². The summed E-state index contributed by atoms with van der Waals surface area (Å²) in [7, 11) is -3.57. The van der Waals surface area contributed by atoms with Gasteiger partial charge in [0.25, 0.3) is 0 Å². The van der Waals surface area contributed by atoms with Crippen molar-refractivity contribution in [1.29, 1.82) is 0 Å². The van der Waals surface area contributed by atoms with Gasteiger partial charge in [0.05, 0.1) is 10.9 Å². The molecule has 3 aromatic rings. The predicted octanol–water partition coefficient (Wildman–Crippen LogP) is 4.70. The molecule has 4 rings (SSSR count). The first kappa shape index (κ1) is 17.5. The van der Waals surface area contributed by atoms with Crippen molar-refractivity contribution in [2.45, 2.75) is 31.2 Å². The molecule has 0 saturated carbocycles. The van der Waals surface area contributed by atoms with E-state index in [9.17, 15) is 8.42 Å². The second kappa shape index (κ2) is 6.65. The third-order valence-corrected chi connectivity index (χ3v) is 7.82. The smallest absolute Gasteiger partial charge is 0.207 e. The Balaban J connectivity index is 1.83. The highest BCUT2D eigenvalue weighted by Gasteiger charge is 2.37. The number of benzene rings is 2. The maximum Gasteiger partial charge on any atom is 0.243 e. The normalized spacial score (nSPS) is 17.8. The van der Waals surface area contributed by atoms with Crippen LogP contribution >= 0.6 is 11.3 Å². The molecule has 0 spiro atoms. The molecule has 0 amide bonds. The van der Waals surface area contributed by atoms with Gasteiger partial charge in [0.1, 0.15) is 0 Å². The van der Waals surface area contributed by atoms with Gasteiger partial charge in [-0.1, -0.05) is 47.5 Å². The van der Waals surface area contributed by atoms with Gasteiger partial charge in [0, 0.05) is 11.4 Å². The minimum Gasteiger partial charge on any atom is -0.207 e. The van der Waals surface area contributed by atoms with E-state index in [0.717, 1.165) is 23.1 Å². The molecule has 1 aliphatic heterocycles. The lowest BCUT2D eigenvalue weighted by molar-refractivity contribution is 0.347. The Morgan fingerprint density at radius 2 is 1.54 bits per heavy atom. The van der Waals surface area contributed by atoms with E-state index >= 15 is 0 Å². The van der Waals surface area contributed by atoms with Crippen LogP contribution in [0.1, 0.15) is 33.2 Å². The van der Waals surface area contributed by atoms with E-state index < -0.39 is 10.0 Å². The summed E-state index contributed by atoms with van der Waals surface area (Å²) < 4.78 is 28.5. The zero-order chi connectivity index (χ0) is 18.3. The molecule has 0 bridgehead atoms. The van der Waals surface area contributed by atoms with Crippen molar-refractivity contribution in [3.05, 3.63) is 87.1 Å². The lowest BCUT2D eigenvalue weighted by Crippen LogP contribution is -2.40. The molecular weight excluding hydrogens is 362 g/mol. The summed E-state index contributed by atoms with van der Waals surface area (Å²) in [6.07, 6.45) is 0.764. The van der Waals surface area contributed by atoms with Crippen molar-refractivity contribution in [2.75, 3.05) is 6.54 Å². The number of hydrogen-bond donors (Lipinski definition) is 0. The third-order valence-electron chi connectivity index (χ3n) is 4.94. The van der Waals surface area contributed by atoms with Gasteiger partial charge in [-0.15, -0.1) is 11.3 Å². The second-order valence-electron chi connectivity index (χ2n) is 6.79. The van der Waals surface area contributed by atoms with E-state index in [2.05, 4.69) is 11.4 Å². The Morgan fingerprint density at radius 3 is 2.19 bits per heavy atom. The van der Waals surface area contributed by atoms with Gasteiger partial charge in [-0.3, -0.25) is 0 Å². The summed E-state index contributed by atoms with van der Waals surface area (Å²) in [5, 5.41) is 2.06. The van der Waals surface area contributed by atoms with Crippen LogP contribution in [0.3, 0.4) is 0 Å². The van der Waals surface area contributed by atoms with Crippen LogP contribution in [0.25, 0.3) is 0 Å². The first-order valence-electron chi connectivity index (χ1n) is 8.68. The van der Waals surface area contributed by atoms with Crippen molar-refractivity contribution in [2.24, 2.45) is 0 Å². The first-order chi connectivity index (χ1) is 12.5. The first-order valence-corrected chi connectivity index (χ1v) is 11.0. The number of aryl methyl sites for hydroxylation is 2. The minimum atomic E-state index is -3.57. The van der Waals surface area contributed by atoms with Crippen LogP contribution < -0.4 is 0 Å². The van der Waals surface area contributed by atoms with E-state index in [4.69, 9.17) is 0 Å². The van der Waals surface area contributed by atoms with Gasteiger partial charge in [0.2, 0.25) is 10.0 Å². The van der Waals surface area contributed by atoms with Crippen molar-refractivity contribution in [1.82, 2.24) is 4.31 Å². The molecule has 0 radical (unpaired) electrons. The molecule has 0 fully saturated rings. The summed E-state index contributed by atoms with van der Waals surface area (Å²) in [5.74, 6) is 0. The van der Waals surface area contributed by atoms with E-state index in [1.54, 1.807) is 27.8 Å².